The summed E-state index contributed by atoms with van der Waals surface area (Å²) in [4.78, 5) is 16.5. The Morgan fingerprint density at radius 3 is 2.95 bits per heavy atom. The molecule has 1 aromatic heterocycles. The Balaban J connectivity index is 2.05. The highest BCUT2D eigenvalue weighted by Gasteiger charge is 2.18. The van der Waals surface area contributed by atoms with Crippen LogP contribution in [0.4, 0.5) is 5.69 Å². The molecule has 0 amide bonds. The Hall–Kier alpha value is -1.88. The summed E-state index contributed by atoms with van der Waals surface area (Å²) < 4.78 is 0. The summed E-state index contributed by atoms with van der Waals surface area (Å²) in [5.41, 5.74) is 3.72. The van der Waals surface area contributed by atoms with Crippen molar-refractivity contribution in [1.29, 1.82) is 0 Å². The van der Waals surface area contributed by atoms with Crippen molar-refractivity contribution in [2.75, 3.05) is 19.6 Å². The molecule has 3 rings (SSSR count). The lowest BCUT2D eigenvalue weighted by Gasteiger charge is -2.22. The Morgan fingerprint density at radius 1 is 1.35 bits per heavy atom. The van der Waals surface area contributed by atoms with Gasteiger partial charge in [-0.1, -0.05) is 6.92 Å². The monoisotopic (exact) mass is 273 g/mol. The van der Waals surface area contributed by atoms with Crippen LogP contribution in [0.1, 0.15) is 24.6 Å². The third kappa shape index (κ3) is 2.29. The standard InChI is InChI=1S/C15H19N3O2/c1-2-17-8-3-4-14-12(7-9-17)13-10-11(18(19)20)5-6-15(13)16-14/h5-6,10,16H,2-4,7-9H2,1H3. The van der Waals surface area contributed by atoms with Crippen LogP contribution in [0.5, 0.6) is 0 Å². The fourth-order valence-corrected chi connectivity index (χ4v) is 3.08. The largest absolute Gasteiger partial charge is 0.358 e. The fourth-order valence-electron chi connectivity index (χ4n) is 3.08. The Bertz CT molecular complexity index is 648. The summed E-state index contributed by atoms with van der Waals surface area (Å²) in [6.45, 7) is 5.41. The van der Waals surface area contributed by atoms with Crippen LogP contribution < -0.4 is 0 Å². The molecule has 0 unspecified atom stereocenters. The molecule has 0 aliphatic carbocycles. The van der Waals surface area contributed by atoms with Crippen LogP contribution >= 0.6 is 0 Å². The fraction of sp³-hybridized carbons (Fsp3) is 0.467. The van der Waals surface area contributed by atoms with Gasteiger partial charge in [0.05, 0.1) is 4.92 Å². The summed E-state index contributed by atoms with van der Waals surface area (Å²) >= 11 is 0. The van der Waals surface area contributed by atoms with Gasteiger partial charge in [0.2, 0.25) is 0 Å². The minimum absolute atomic E-state index is 0.175. The highest BCUT2D eigenvalue weighted by atomic mass is 16.6. The number of aromatic amines is 1. The van der Waals surface area contributed by atoms with Gasteiger partial charge in [-0.15, -0.1) is 0 Å². The van der Waals surface area contributed by atoms with Gasteiger partial charge in [-0.05, 0) is 44.0 Å². The molecule has 2 heterocycles. The average Bonchev–Trinajstić information content (AvgIpc) is 2.75. The summed E-state index contributed by atoms with van der Waals surface area (Å²) in [6, 6.07) is 5.11. The molecule has 2 aromatic rings. The van der Waals surface area contributed by atoms with E-state index in [1.807, 2.05) is 6.07 Å². The molecule has 20 heavy (non-hydrogen) atoms. The van der Waals surface area contributed by atoms with Crippen molar-refractivity contribution in [3.05, 3.63) is 39.6 Å². The van der Waals surface area contributed by atoms with E-state index in [4.69, 9.17) is 0 Å². The van der Waals surface area contributed by atoms with Gasteiger partial charge < -0.3 is 9.88 Å². The minimum Gasteiger partial charge on any atom is -0.358 e. The van der Waals surface area contributed by atoms with Gasteiger partial charge in [0.1, 0.15) is 0 Å². The maximum atomic E-state index is 10.9. The number of nitrogens with one attached hydrogen (secondary N) is 1. The molecule has 0 atom stereocenters. The number of nitro benzene ring substituents is 1. The zero-order chi connectivity index (χ0) is 14.1. The number of nitro groups is 1. The molecule has 0 bridgehead atoms. The van der Waals surface area contributed by atoms with E-state index in [0.717, 1.165) is 49.8 Å². The van der Waals surface area contributed by atoms with Crippen molar-refractivity contribution in [2.24, 2.45) is 0 Å². The molecule has 1 aromatic carbocycles. The minimum atomic E-state index is -0.319. The van der Waals surface area contributed by atoms with E-state index in [1.54, 1.807) is 12.1 Å². The van der Waals surface area contributed by atoms with E-state index >= 15 is 0 Å². The molecule has 106 valence electrons. The van der Waals surface area contributed by atoms with Crippen molar-refractivity contribution in [2.45, 2.75) is 26.2 Å². The van der Waals surface area contributed by atoms with Crippen LogP contribution in [0.25, 0.3) is 10.9 Å². The summed E-state index contributed by atoms with van der Waals surface area (Å²) in [7, 11) is 0. The zero-order valence-electron chi connectivity index (χ0n) is 11.7. The van der Waals surface area contributed by atoms with Gasteiger partial charge in [-0.3, -0.25) is 10.1 Å². The van der Waals surface area contributed by atoms with Crippen molar-refractivity contribution in [1.82, 2.24) is 9.88 Å². The first-order valence-corrected chi connectivity index (χ1v) is 7.19. The van der Waals surface area contributed by atoms with Crippen molar-refractivity contribution < 1.29 is 4.92 Å². The van der Waals surface area contributed by atoms with E-state index in [2.05, 4.69) is 16.8 Å². The van der Waals surface area contributed by atoms with Gasteiger partial charge >= 0.3 is 0 Å². The van der Waals surface area contributed by atoms with E-state index < -0.39 is 0 Å². The van der Waals surface area contributed by atoms with E-state index in [1.165, 1.54) is 11.3 Å². The number of non-ortho nitro benzene ring substituents is 1. The van der Waals surface area contributed by atoms with Gasteiger partial charge in [0.25, 0.3) is 5.69 Å². The smallest absolute Gasteiger partial charge is 0.270 e. The third-order valence-electron chi connectivity index (χ3n) is 4.22. The van der Waals surface area contributed by atoms with Crippen LogP contribution in [0, 0.1) is 10.1 Å². The quantitative estimate of drug-likeness (QED) is 0.676. The maximum absolute atomic E-state index is 10.9. The van der Waals surface area contributed by atoms with Gasteiger partial charge in [0, 0.05) is 35.3 Å². The topological polar surface area (TPSA) is 62.2 Å². The highest BCUT2D eigenvalue weighted by Crippen LogP contribution is 2.28. The molecule has 0 fully saturated rings. The molecule has 1 N–H and O–H groups in total. The Kier molecular flexibility index (Phi) is 3.44. The molecule has 5 nitrogen and oxygen atoms in total. The number of aromatic nitrogens is 1. The van der Waals surface area contributed by atoms with Crippen molar-refractivity contribution >= 4 is 16.6 Å². The van der Waals surface area contributed by atoms with E-state index in [0.29, 0.717) is 0 Å². The zero-order valence-corrected chi connectivity index (χ0v) is 11.7. The lowest BCUT2D eigenvalue weighted by atomic mass is 10.0. The predicted molar refractivity (Wildman–Crippen MR) is 79.1 cm³/mol. The third-order valence-corrected chi connectivity index (χ3v) is 4.22. The second-order valence-electron chi connectivity index (χ2n) is 5.36. The number of rotatable bonds is 2. The number of H-pyrrole nitrogens is 1. The predicted octanol–water partition coefficient (Wildman–Crippen LogP) is 2.89. The van der Waals surface area contributed by atoms with E-state index in [9.17, 15) is 10.1 Å². The molecule has 1 aliphatic rings. The molecule has 0 saturated carbocycles. The number of nitrogens with zero attached hydrogens (tertiary/aromatic N) is 2. The lowest BCUT2D eigenvalue weighted by molar-refractivity contribution is -0.384. The second-order valence-corrected chi connectivity index (χ2v) is 5.36. The summed E-state index contributed by atoms with van der Waals surface area (Å²) in [5.74, 6) is 0. The van der Waals surface area contributed by atoms with Crippen LogP contribution in [-0.2, 0) is 12.8 Å². The average molecular weight is 273 g/mol. The Morgan fingerprint density at radius 2 is 2.20 bits per heavy atom. The lowest BCUT2D eigenvalue weighted by Crippen LogP contribution is -2.29. The number of hydrogen-bond donors (Lipinski definition) is 1. The Labute approximate surface area is 117 Å². The normalized spacial score (nSPS) is 16.6. The van der Waals surface area contributed by atoms with Crippen LogP contribution in [-0.4, -0.2) is 34.4 Å². The van der Waals surface area contributed by atoms with Crippen LogP contribution in [0.2, 0.25) is 0 Å². The molecule has 0 radical (unpaired) electrons. The van der Waals surface area contributed by atoms with Gasteiger partial charge in [-0.2, -0.15) is 0 Å². The molecule has 5 heteroatoms. The molecule has 1 aliphatic heterocycles. The second kappa shape index (κ2) is 5.25. The van der Waals surface area contributed by atoms with Crippen molar-refractivity contribution in [3.63, 3.8) is 0 Å². The van der Waals surface area contributed by atoms with Crippen LogP contribution in [0.15, 0.2) is 18.2 Å². The molecular formula is C15H19N3O2. The number of hydrogen-bond acceptors (Lipinski definition) is 3. The van der Waals surface area contributed by atoms with Crippen LogP contribution in [0.3, 0.4) is 0 Å². The first kappa shape index (κ1) is 13.1. The number of fused-ring (bicyclic) bond motifs is 3. The number of likely N-dealkylation sites (N-methyl/N-ethyl adjacent to an activating group) is 1. The molecule has 0 spiro atoms. The molecule has 0 saturated heterocycles. The first-order chi connectivity index (χ1) is 9.69. The maximum Gasteiger partial charge on any atom is 0.270 e. The highest BCUT2D eigenvalue weighted by molar-refractivity contribution is 5.86. The van der Waals surface area contributed by atoms with E-state index in [-0.39, 0.29) is 10.6 Å². The SMILES string of the molecule is CCN1CCCc2[nH]c3ccc([N+](=O)[O-])cc3c2CC1. The van der Waals surface area contributed by atoms with Gasteiger partial charge in [0.15, 0.2) is 0 Å². The number of benzene rings is 1. The van der Waals surface area contributed by atoms with Crippen molar-refractivity contribution in [3.8, 4) is 0 Å². The van der Waals surface area contributed by atoms with Gasteiger partial charge in [-0.25, -0.2) is 0 Å². The summed E-state index contributed by atoms with van der Waals surface area (Å²) in [6.07, 6.45) is 3.12. The summed E-state index contributed by atoms with van der Waals surface area (Å²) in [5, 5.41) is 12.0. The number of aryl methyl sites for hydroxylation is 1. The first-order valence-electron chi connectivity index (χ1n) is 7.19. The molecular weight excluding hydrogens is 254 g/mol.